The number of amides is 1. The van der Waals surface area contributed by atoms with E-state index in [9.17, 15) is 4.79 Å². The zero-order valence-electron chi connectivity index (χ0n) is 15.7. The molecule has 3 rings (SSSR count). The van der Waals surface area contributed by atoms with E-state index >= 15 is 0 Å². The molecule has 6 nitrogen and oxygen atoms in total. The molecule has 2 heterocycles. The van der Waals surface area contributed by atoms with Gasteiger partial charge in [-0.25, -0.2) is 0 Å². The van der Waals surface area contributed by atoms with Gasteiger partial charge in [0, 0.05) is 43.2 Å². The van der Waals surface area contributed by atoms with Crippen molar-refractivity contribution in [1.29, 1.82) is 0 Å². The van der Waals surface area contributed by atoms with Gasteiger partial charge in [0.25, 0.3) is 0 Å². The largest absolute Gasteiger partial charge is 0.493 e. The van der Waals surface area contributed by atoms with E-state index in [0.29, 0.717) is 18.0 Å². The number of aromatic nitrogens is 1. The Morgan fingerprint density at radius 2 is 2.07 bits per heavy atom. The minimum atomic E-state index is 0.0134. The lowest BCUT2D eigenvalue weighted by Crippen LogP contribution is -2.44. The molecule has 142 valence electrons. The Balaban J connectivity index is 1.60. The highest BCUT2D eigenvalue weighted by Crippen LogP contribution is 2.30. The van der Waals surface area contributed by atoms with Gasteiger partial charge >= 0.3 is 0 Å². The first kappa shape index (κ1) is 18.8. The van der Waals surface area contributed by atoms with Crippen molar-refractivity contribution in [3.63, 3.8) is 0 Å². The number of pyridine rings is 1. The van der Waals surface area contributed by atoms with Crippen LogP contribution in [0.5, 0.6) is 11.5 Å². The van der Waals surface area contributed by atoms with Crippen LogP contribution in [0.15, 0.2) is 48.7 Å². The molecule has 1 amide bonds. The molecule has 0 bridgehead atoms. The molecule has 0 spiro atoms. The van der Waals surface area contributed by atoms with Crippen molar-refractivity contribution < 1.29 is 14.3 Å². The van der Waals surface area contributed by atoms with Crippen LogP contribution in [0.4, 0.5) is 5.69 Å². The smallest absolute Gasteiger partial charge is 0.246 e. The highest BCUT2D eigenvalue weighted by Gasteiger charge is 2.22. The summed E-state index contributed by atoms with van der Waals surface area (Å²) in [5.74, 6) is 1.40. The van der Waals surface area contributed by atoms with Crippen molar-refractivity contribution in [2.45, 2.75) is 18.9 Å². The van der Waals surface area contributed by atoms with Crippen LogP contribution in [0.2, 0.25) is 0 Å². The molecule has 0 aliphatic carbocycles. The van der Waals surface area contributed by atoms with Crippen LogP contribution in [0.3, 0.4) is 0 Å². The third-order valence-electron chi connectivity index (χ3n) is 4.57. The minimum absolute atomic E-state index is 0.0134. The zero-order chi connectivity index (χ0) is 19.1. The number of hydrogen-bond acceptors (Lipinski definition) is 5. The molecule has 27 heavy (non-hydrogen) atoms. The Morgan fingerprint density at radius 1 is 1.22 bits per heavy atom. The number of rotatable bonds is 6. The average molecular weight is 367 g/mol. The van der Waals surface area contributed by atoms with Crippen molar-refractivity contribution in [3.05, 3.63) is 54.4 Å². The zero-order valence-corrected chi connectivity index (χ0v) is 15.7. The second-order valence-electron chi connectivity index (χ2n) is 6.43. The predicted octanol–water partition coefficient (Wildman–Crippen LogP) is 3.22. The molecule has 2 aromatic rings. The monoisotopic (exact) mass is 367 g/mol. The molecule has 6 heteroatoms. The number of carbonyl (C=O) groups is 1. The summed E-state index contributed by atoms with van der Waals surface area (Å²) in [6, 6.07) is 11.6. The van der Waals surface area contributed by atoms with Crippen molar-refractivity contribution in [1.82, 2.24) is 9.88 Å². The number of hydrogen-bond donors (Lipinski definition) is 1. The SMILES string of the molecule is COc1ccc(N[C@@H]2CCCN(C(=O)/C=C/c3ccccn3)C2)cc1OC. The maximum Gasteiger partial charge on any atom is 0.246 e. The summed E-state index contributed by atoms with van der Waals surface area (Å²) in [5.41, 5.74) is 1.74. The van der Waals surface area contributed by atoms with Crippen LogP contribution in [-0.2, 0) is 4.79 Å². The fourth-order valence-corrected chi connectivity index (χ4v) is 3.19. The number of carbonyl (C=O) groups excluding carboxylic acids is 1. The quantitative estimate of drug-likeness (QED) is 0.795. The van der Waals surface area contributed by atoms with Crippen molar-refractivity contribution in [3.8, 4) is 11.5 Å². The summed E-state index contributed by atoms with van der Waals surface area (Å²) in [6.07, 6.45) is 7.05. The van der Waals surface area contributed by atoms with Gasteiger partial charge in [0.2, 0.25) is 5.91 Å². The Labute approximate surface area is 159 Å². The Morgan fingerprint density at radius 3 is 2.81 bits per heavy atom. The number of methoxy groups -OCH3 is 2. The third kappa shape index (κ3) is 5.00. The highest BCUT2D eigenvalue weighted by atomic mass is 16.5. The van der Waals surface area contributed by atoms with E-state index in [-0.39, 0.29) is 11.9 Å². The first-order valence-corrected chi connectivity index (χ1v) is 9.06. The maximum absolute atomic E-state index is 12.5. The van der Waals surface area contributed by atoms with Crippen LogP contribution in [0.1, 0.15) is 18.5 Å². The molecule has 1 aliphatic heterocycles. The van der Waals surface area contributed by atoms with Crippen LogP contribution < -0.4 is 14.8 Å². The number of nitrogens with one attached hydrogen (secondary N) is 1. The molecule has 1 atom stereocenters. The number of benzene rings is 1. The van der Waals surface area contributed by atoms with E-state index in [2.05, 4.69) is 10.3 Å². The second-order valence-corrected chi connectivity index (χ2v) is 6.43. The molecule has 1 saturated heterocycles. The van der Waals surface area contributed by atoms with Crippen LogP contribution in [0, 0.1) is 0 Å². The molecule has 1 fully saturated rings. The normalized spacial score (nSPS) is 17.0. The number of piperidine rings is 1. The van der Waals surface area contributed by atoms with Gasteiger partial charge in [-0.15, -0.1) is 0 Å². The molecule has 0 unspecified atom stereocenters. The van der Waals surface area contributed by atoms with E-state index in [1.165, 1.54) is 0 Å². The van der Waals surface area contributed by atoms with Gasteiger partial charge in [-0.05, 0) is 43.2 Å². The predicted molar refractivity (Wildman–Crippen MR) is 106 cm³/mol. The molecule has 1 N–H and O–H groups in total. The topological polar surface area (TPSA) is 63.7 Å². The van der Waals surface area contributed by atoms with Gasteiger partial charge < -0.3 is 19.7 Å². The standard InChI is InChI=1S/C21H25N3O3/c1-26-19-10-8-17(14-20(19)27-2)23-18-7-5-13-24(15-18)21(25)11-9-16-6-3-4-12-22-16/h3-4,6,8-12,14,18,23H,5,7,13,15H2,1-2H3/b11-9+/t18-/m1/s1. The van der Waals surface area contributed by atoms with E-state index in [1.54, 1.807) is 32.6 Å². The summed E-state index contributed by atoms with van der Waals surface area (Å²) in [5, 5.41) is 3.50. The van der Waals surface area contributed by atoms with Crippen molar-refractivity contribution >= 4 is 17.7 Å². The van der Waals surface area contributed by atoms with Gasteiger partial charge in [0.05, 0.1) is 19.9 Å². The van der Waals surface area contributed by atoms with Gasteiger partial charge in [0.15, 0.2) is 11.5 Å². The van der Waals surface area contributed by atoms with Crippen LogP contribution in [-0.4, -0.2) is 49.1 Å². The lowest BCUT2D eigenvalue weighted by Gasteiger charge is -2.33. The molecule has 0 radical (unpaired) electrons. The molecular weight excluding hydrogens is 342 g/mol. The molecule has 0 saturated carbocycles. The van der Waals surface area contributed by atoms with Crippen molar-refractivity contribution in [2.24, 2.45) is 0 Å². The Hall–Kier alpha value is -3.02. The van der Waals surface area contributed by atoms with E-state index in [1.807, 2.05) is 41.3 Å². The third-order valence-corrected chi connectivity index (χ3v) is 4.57. The highest BCUT2D eigenvalue weighted by molar-refractivity contribution is 5.91. The van der Waals surface area contributed by atoms with E-state index in [0.717, 1.165) is 30.8 Å². The Kier molecular flexibility index (Phi) is 6.30. The maximum atomic E-state index is 12.5. The fraction of sp³-hybridized carbons (Fsp3) is 0.333. The molecule has 1 aromatic carbocycles. The van der Waals surface area contributed by atoms with Gasteiger partial charge in [-0.3, -0.25) is 9.78 Å². The molecule has 1 aromatic heterocycles. The first-order chi connectivity index (χ1) is 13.2. The Bertz CT molecular complexity index is 793. The number of nitrogens with zero attached hydrogens (tertiary/aromatic N) is 2. The second kappa shape index (κ2) is 9.07. The number of anilines is 1. The number of likely N-dealkylation sites (tertiary alicyclic amines) is 1. The van der Waals surface area contributed by atoms with Gasteiger partial charge in [0.1, 0.15) is 0 Å². The summed E-state index contributed by atoms with van der Waals surface area (Å²) in [4.78, 5) is 18.6. The lowest BCUT2D eigenvalue weighted by atomic mass is 10.0. The fourth-order valence-electron chi connectivity index (χ4n) is 3.19. The summed E-state index contributed by atoms with van der Waals surface area (Å²) < 4.78 is 10.6. The van der Waals surface area contributed by atoms with E-state index in [4.69, 9.17) is 9.47 Å². The van der Waals surface area contributed by atoms with Crippen LogP contribution >= 0.6 is 0 Å². The number of ether oxygens (including phenoxy) is 2. The van der Waals surface area contributed by atoms with Gasteiger partial charge in [-0.2, -0.15) is 0 Å². The summed E-state index contributed by atoms with van der Waals surface area (Å²) >= 11 is 0. The van der Waals surface area contributed by atoms with Crippen LogP contribution in [0.25, 0.3) is 6.08 Å². The molecule has 1 aliphatic rings. The minimum Gasteiger partial charge on any atom is -0.493 e. The average Bonchev–Trinajstić information content (AvgIpc) is 2.73. The first-order valence-electron chi connectivity index (χ1n) is 9.06. The summed E-state index contributed by atoms with van der Waals surface area (Å²) in [6.45, 7) is 1.44. The van der Waals surface area contributed by atoms with Crippen molar-refractivity contribution in [2.75, 3.05) is 32.6 Å². The lowest BCUT2D eigenvalue weighted by molar-refractivity contribution is -0.126. The summed E-state index contributed by atoms with van der Waals surface area (Å²) in [7, 11) is 3.24. The molecular formula is C21H25N3O3. The van der Waals surface area contributed by atoms with E-state index < -0.39 is 0 Å². The van der Waals surface area contributed by atoms with Gasteiger partial charge in [-0.1, -0.05) is 6.07 Å².